The zero-order valence-electron chi connectivity index (χ0n) is 63.0. The van der Waals surface area contributed by atoms with Gasteiger partial charge in [-0.15, -0.1) is 12.3 Å². The topological polar surface area (TPSA) is 342 Å². The second kappa shape index (κ2) is 87.9. The van der Waals surface area contributed by atoms with E-state index in [0.29, 0.717) is 336 Å². The zero-order chi connectivity index (χ0) is 74.3. The normalized spacial score (nSPS) is 12.2. The molecular formula is C73H140N2O28. The van der Waals surface area contributed by atoms with Gasteiger partial charge < -0.3 is 130 Å². The van der Waals surface area contributed by atoms with Gasteiger partial charge in [0.2, 0.25) is 5.91 Å². The minimum absolute atomic E-state index is 0.204. The molecule has 30 nitrogen and oxygen atoms in total. The maximum absolute atomic E-state index is 13.5. The minimum atomic E-state index is -1.48. The summed E-state index contributed by atoms with van der Waals surface area (Å²) in [7, 11) is 0. The molecule has 0 aromatic carbocycles. The number of carboxylic acids is 2. The summed E-state index contributed by atoms with van der Waals surface area (Å²) in [5.74, 6) is 0.392. The molecular weight excluding hydrogens is 1350 g/mol. The van der Waals surface area contributed by atoms with Crippen molar-refractivity contribution in [3.63, 3.8) is 0 Å². The molecule has 0 aliphatic carbocycles. The standard InChI is InChI=1S/C73H140N2O28/c1-2-3-4-5-6-8-11-14-17-20-73(72(79)80,21-18-15-12-9-7-10-13-16-19-70(76)77)71(78)75-23-25-82-27-29-84-31-33-86-35-37-88-39-41-90-43-45-92-47-49-94-51-53-96-55-57-98-59-61-100-63-65-102-67-69-103-68-66-101-64-62-99-60-58-97-56-54-95-52-50-93-48-46-91-44-42-89-40-38-87-36-34-85-32-30-83-28-26-81-24-22-74/h1H,3-69,74H2,(H,75,78)(H,76,77)(H,79,80). The van der Waals surface area contributed by atoms with E-state index < -0.39 is 23.3 Å². The molecule has 0 saturated heterocycles. The van der Waals surface area contributed by atoms with Gasteiger partial charge in [0.05, 0.1) is 304 Å². The number of ether oxygens (including phenoxy) is 23. The SMILES string of the molecule is C#CCCCCCCCCCC(CCCCCCCCCCC(=O)O)(C(=O)O)C(=O)NCCOCCOCCOCCOCCOCCOCCOCCOCCOCCOCCOCCOCCOCCOCCOCCOCCOCCOCCOCCOCCOCCOCCOCCN. The number of hydrogen-bond acceptors (Lipinski definition) is 27. The molecule has 610 valence electrons. The van der Waals surface area contributed by atoms with Gasteiger partial charge in [0, 0.05) is 25.9 Å². The Kier molecular flexibility index (Phi) is 85.4. The van der Waals surface area contributed by atoms with E-state index in [9.17, 15) is 19.5 Å². The van der Waals surface area contributed by atoms with Crippen molar-refractivity contribution in [2.24, 2.45) is 11.1 Å². The van der Waals surface area contributed by atoms with Crippen LogP contribution < -0.4 is 11.1 Å². The molecule has 0 spiro atoms. The third kappa shape index (κ3) is 79.9. The van der Waals surface area contributed by atoms with Crippen molar-refractivity contribution in [3.8, 4) is 12.3 Å². The van der Waals surface area contributed by atoms with Crippen molar-refractivity contribution >= 4 is 17.8 Å². The predicted molar refractivity (Wildman–Crippen MR) is 385 cm³/mol. The summed E-state index contributed by atoms with van der Waals surface area (Å²) in [5, 5.41) is 22.1. The monoisotopic (exact) mass is 1490 g/mol. The molecule has 0 saturated carbocycles. The lowest BCUT2D eigenvalue weighted by atomic mass is 9.76. The fourth-order valence-corrected chi connectivity index (χ4v) is 9.39. The minimum Gasteiger partial charge on any atom is -0.481 e. The van der Waals surface area contributed by atoms with Gasteiger partial charge in [-0.25, -0.2) is 0 Å². The first-order valence-electron chi connectivity index (χ1n) is 38.1. The molecule has 0 bridgehead atoms. The number of nitrogens with two attached hydrogens (primary N) is 1. The van der Waals surface area contributed by atoms with E-state index in [4.69, 9.17) is 126 Å². The highest BCUT2D eigenvalue weighted by Gasteiger charge is 2.44. The van der Waals surface area contributed by atoms with Gasteiger partial charge in [-0.3, -0.25) is 14.4 Å². The highest BCUT2D eigenvalue weighted by Crippen LogP contribution is 2.33. The van der Waals surface area contributed by atoms with Gasteiger partial charge in [0.25, 0.3) is 0 Å². The number of unbranched alkanes of at least 4 members (excludes halogenated alkanes) is 14. The van der Waals surface area contributed by atoms with Crippen LogP contribution >= 0.6 is 0 Å². The Balaban J connectivity index is 3.44. The van der Waals surface area contributed by atoms with E-state index in [0.717, 1.165) is 83.5 Å². The highest BCUT2D eigenvalue weighted by atomic mass is 16.6. The first kappa shape index (κ1) is 100. The number of amides is 1. The molecule has 0 fully saturated rings. The molecule has 0 aliphatic rings. The number of carbonyl (C=O) groups is 3. The van der Waals surface area contributed by atoms with Crippen LogP contribution in [-0.4, -0.2) is 345 Å². The lowest BCUT2D eigenvalue weighted by Crippen LogP contribution is -2.47. The third-order valence-corrected chi connectivity index (χ3v) is 15.0. The van der Waals surface area contributed by atoms with Gasteiger partial charge >= 0.3 is 11.9 Å². The number of rotatable bonds is 93. The van der Waals surface area contributed by atoms with Gasteiger partial charge in [-0.05, 0) is 25.7 Å². The molecule has 0 aromatic heterocycles. The third-order valence-electron chi connectivity index (χ3n) is 15.0. The summed E-state index contributed by atoms with van der Waals surface area (Å²) in [5.41, 5.74) is 3.87. The van der Waals surface area contributed by atoms with Crippen LogP contribution in [0.4, 0.5) is 0 Å². The van der Waals surface area contributed by atoms with Crippen LogP contribution in [0.1, 0.15) is 122 Å². The highest BCUT2D eigenvalue weighted by molar-refractivity contribution is 6.01. The Bertz CT molecular complexity index is 1750. The molecule has 1 atom stereocenters. The van der Waals surface area contributed by atoms with Gasteiger partial charge in [0.1, 0.15) is 5.41 Å². The smallest absolute Gasteiger partial charge is 0.319 e. The quantitative estimate of drug-likeness (QED) is 0.0325. The maximum atomic E-state index is 13.5. The van der Waals surface area contributed by atoms with E-state index >= 15 is 0 Å². The maximum Gasteiger partial charge on any atom is 0.319 e. The molecule has 0 heterocycles. The summed E-state index contributed by atoms with van der Waals surface area (Å²) in [6.45, 7) is 22.1. The second-order valence-electron chi connectivity index (χ2n) is 23.4. The Labute approximate surface area is 617 Å². The van der Waals surface area contributed by atoms with Crippen molar-refractivity contribution in [1.82, 2.24) is 5.32 Å². The fourth-order valence-electron chi connectivity index (χ4n) is 9.39. The summed E-state index contributed by atoms with van der Waals surface area (Å²) in [6.07, 6.45) is 20.9. The number of carboxylic acid groups (broad SMARTS) is 2. The molecule has 0 radical (unpaired) electrons. The number of terminal acetylenes is 1. The average molecular weight is 1490 g/mol. The van der Waals surface area contributed by atoms with Crippen LogP contribution in [0, 0.1) is 17.8 Å². The van der Waals surface area contributed by atoms with E-state index in [1.165, 1.54) is 0 Å². The lowest BCUT2D eigenvalue weighted by Gasteiger charge is -2.28. The first-order valence-corrected chi connectivity index (χ1v) is 38.1. The van der Waals surface area contributed by atoms with E-state index in [2.05, 4.69) is 11.2 Å². The molecule has 5 N–H and O–H groups in total. The van der Waals surface area contributed by atoms with Crippen LogP contribution in [0.15, 0.2) is 0 Å². The van der Waals surface area contributed by atoms with Crippen molar-refractivity contribution in [3.05, 3.63) is 0 Å². The molecule has 103 heavy (non-hydrogen) atoms. The van der Waals surface area contributed by atoms with Crippen molar-refractivity contribution in [2.75, 3.05) is 317 Å². The Morgan fingerprint density at radius 1 is 0.272 bits per heavy atom. The van der Waals surface area contributed by atoms with Crippen LogP contribution in [0.5, 0.6) is 0 Å². The van der Waals surface area contributed by atoms with Gasteiger partial charge in [0.15, 0.2) is 0 Å². The van der Waals surface area contributed by atoms with Crippen LogP contribution in [0.25, 0.3) is 0 Å². The fraction of sp³-hybridized carbons (Fsp3) is 0.932. The number of nitrogens with one attached hydrogen (secondary N) is 1. The Morgan fingerprint density at radius 3 is 0.650 bits per heavy atom. The van der Waals surface area contributed by atoms with Crippen molar-refractivity contribution in [2.45, 2.75) is 122 Å². The number of hydrogen-bond donors (Lipinski definition) is 4. The zero-order valence-corrected chi connectivity index (χ0v) is 63.0. The van der Waals surface area contributed by atoms with E-state index in [1.807, 2.05) is 0 Å². The van der Waals surface area contributed by atoms with Crippen molar-refractivity contribution in [1.29, 1.82) is 0 Å². The van der Waals surface area contributed by atoms with Crippen LogP contribution in [-0.2, 0) is 123 Å². The van der Waals surface area contributed by atoms with Gasteiger partial charge in [-0.2, -0.15) is 0 Å². The van der Waals surface area contributed by atoms with Crippen LogP contribution in [0.2, 0.25) is 0 Å². The molecule has 1 amide bonds. The molecule has 0 aliphatic heterocycles. The average Bonchev–Trinajstić information content (AvgIpc) is 0.820. The number of aliphatic carboxylic acids is 2. The van der Waals surface area contributed by atoms with Gasteiger partial charge in [-0.1, -0.05) is 83.5 Å². The Morgan fingerprint density at radius 2 is 0.456 bits per heavy atom. The van der Waals surface area contributed by atoms with Crippen LogP contribution in [0.3, 0.4) is 0 Å². The molecule has 0 rings (SSSR count). The molecule has 1 unspecified atom stereocenters. The largest absolute Gasteiger partial charge is 0.481 e. The summed E-state index contributed by atoms with van der Waals surface area (Å²) in [4.78, 5) is 37.1. The Hall–Kier alpha value is -2.99. The lowest BCUT2D eigenvalue weighted by molar-refractivity contribution is -0.157. The summed E-state index contributed by atoms with van der Waals surface area (Å²) >= 11 is 0. The van der Waals surface area contributed by atoms with E-state index in [-0.39, 0.29) is 19.6 Å². The first-order chi connectivity index (χ1) is 50.9. The van der Waals surface area contributed by atoms with E-state index in [1.54, 1.807) is 0 Å². The number of carbonyl (C=O) groups excluding carboxylic acids is 1. The predicted octanol–water partition coefficient (Wildman–Crippen LogP) is 5.64. The molecule has 30 heteroatoms. The van der Waals surface area contributed by atoms with Crippen molar-refractivity contribution < 1.29 is 134 Å². The summed E-state index contributed by atoms with van der Waals surface area (Å²) in [6, 6.07) is 0. The summed E-state index contributed by atoms with van der Waals surface area (Å²) < 4.78 is 127. The second-order valence-corrected chi connectivity index (χ2v) is 23.4. The molecule has 0 aromatic rings.